The molecule has 1 aromatic rings. The minimum absolute atomic E-state index is 0.0978. The van der Waals surface area contributed by atoms with Gasteiger partial charge in [-0.1, -0.05) is 43.5 Å². The Bertz CT molecular complexity index is 382. The summed E-state index contributed by atoms with van der Waals surface area (Å²) in [6.07, 6.45) is 2.93. The van der Waals surface area contributed by atoms with Crippen LogP contribution in [0, 0.1) is 16.7 Å². The van der Waals surface area contributed by atoms with Gasteiger partial charge in [0.05, 0.1) is 6.07 Å². The van der Waals surface area contributed by atoms with Crippen molar-refractivity contribution >= 4 is 11.9 Å². The maximum Gasteiger partial charge on any atom is 0.122 e. The Morgan fingerprint density at radius 2 is 1.80 bits per heavy atom. The van der Waals surface area contributed by atoms with Crippen LogP contribution < -0.4 is 5.73 Å². The average molecular weight is 199 g/mol. The van der Waals surface area contributed by atoms with Gasteiger partial charge in [-0.15, -0.1) is 0 Å². The Morgan fingerprint density at radius 3 is 2.07 bits per heavy atom. The zero-order valence-corrected chi connectivity index (χ0v) is 8.40. The maximum atomic E-state index is 7.51. The lowest BCUT2D eigenvalue weighted by Crippen LogP contribution is -2.10. The third-order valence-corrected chi connectivity index (χ3v) is 1.55. The predicted molar refractivity (Wildman–Crippen MR) is 63.4 cm³/mol. The molecule has 3 nitrogen and oxygen atoms in total. The molecule has 3 N–H and O–H groups in total. The van der Waals surface area contributed by atoms with E-state index in [4.69, 9.17) is 16.4 Å². The number of hydrogen-bond donors (Lipinski definition) is 2. The molecule has 0 atom stereocenters. The van der Waals surface area contributed by atoms with Crippen LogP contribution in [-0.4, -0.2) is 5.84 Å². The number of nitrogens with zero attached hydrogens (tertiary/aromatic N) is 1. The van der Waals surface area contributed by atoms with Crippen molar-refractivity contribution in [3.05, 3.63) is 54.6 Å². The van der Waals surface area contributed by atoms with E-state index in [9.17, 15) is 0 Å². The average Bonchev–Trinajstić information content (AvgIpc) is 2.29. The second-order valence-electron chi connectivity index (χ2n) is 2.57. The molecule has 0 saturated heterocycles. The lowest BCUT2D eigenvalue weighted by molar-refractivity contribution is 1.42. The first kappa shape index (κ1) is 12.7. The molecule has 0 unspecified atom stereocenters. The van der Waals surface area contributed by atoms with Crippen molar-refractivity contribution in [1.82, 2.24) is 0 Å². The van der Waals surface area contributed by atoms with E-state index in [0.29, 0.717) is 0 Å². The molecule has 0 amide bonds. The van der Waals surface area contributed by atoms with Gasteiger partial charge in [-0.25, -0.2) is 0 Å². The molecule has 0 saturated carbocycles. The van der Waals surface area contributed by atoms with Gasteiger partial charge in [0.2, 0.25) is 0 Å². The molecule has 0 aliphatic heterocycles. The van der Waals surface area contributed by atoms with Crippen LogP contribution in [0.4, 0.5) is 0 Å². The lowest BCUT2D eigenvalue weighted by atomic mass is 10.1. The zero-order chi connectivity index (χ0) is 11.7. The molecule has 76 valence electrons. The van der Waals surface area contributed by atoms with Crippen LogP contribution in [0.15, 0.2) is 43.5 Å². The number of nitrogen functional groups attached to an aromatic ring is 1. The Kier molecular flexibility index (Phi) is 5.99. The van der Waals surface area contributed by atoms with Crippen LogP contribution >= 0.6 is 0 Å². The molecule has 0 fully saturated rings. The molecule has 0 spiro atoms. The van der Waals surface area contributed by atoms with E-state index in [2.05, 4.69) is 13.2 Å². The van der Waals surface area contributed by atoms with Crippen molar-refractivity contribution in [2.45, 2.75) is 0 Å². The first-order chi connectivity index (χ1) is 7.15. The smallest absolute Gasteiger partial charge is 0.122 e. The van der Waals surface area contributed by atoms with Crippen LogP contribution in [0.3, 0.4) is 0 Å². The predicted octanol–water partition coefficient (Wildman–Crippen LogP) is 2.31. The highest BCUT2D eigenvalue weighted by Gasteiger charge is 1.93. The lowest BCUT2D eigenvalue weighted by Gasteiger charge is -1.97. The summed E-state index contributed by atoms with van der Waals surface area (Å²) in [5, 5.41) is 14.6. The molecular weight excluding hydrogens is 186 g/mol. The van der Waals surface area contributed by atoms with Gasteiger partial charge in [-0.05, 0) is 5.56 Å². The largest absolute Gasteiger partial charge is 0.384 e. The van der Waals surface area contributed by atoms with Gasteiger partial charge in [-0.3, -0.25) is 5.41 Å². The van der Waals surface area contributed by atoms with Gasteiger partial charge >= 0.3 is 0 Å². The van der Waals surface area contributed by atoms with Crippen LogP contribution in [0.1, 0.15) is 11.1 Å². The Balaban J connectivity index is 0.000000423. The fraction of sp³-hybridized carbons (Fsp3) is 0. The molecule has 0 bridgehead atoms. The van der Waals surface area contributed by atoms with Crippen molar-refractivity contribution in [1.29, 1.82) is 10.7 Å². The third-order valence-electron chi connectivity index (χ3n) is 1.55. The second kappa shape index (κ2) is 7.10. The summed E-state index contributed by atoms with van der Waals surface area (Å²) < 4.78 is 0. The topological polar surface area (TPSA) is 73.7 Å². The number of rotatable bonds is 2. The molecule has 0 aliphatic carbocycles. The van der Waals surface area contributed by atoms with Crippen molar-refractivity contribution in [3.63, 3.8) is 0 Å². The molecule has 1 rings (SSSR count). The molecule has 0 radical (unpaired) electrons. The molecule has 1 aromatic carbocycles. The summed E-state index contributed by atoms with van der Waals surface area (Å²) in [5.74, 6) is 0.0978. The van der Waals surface area contributed by atoms with Crippen molar-refractivity contribution < 1.29 is 0 Å². The maximum absolute atomic E-state index is 7.51. The number of allylic oxidation sites excluding steroid dienone is 1. The highest BCUT2D eigenvalue weighted by Crippen LogP contribution is 2.03. The quantitative estimate of drug-likeness (QED) is 0.435. The van der Waals surface area contributed by atoms with Gasteiger partial charge in [0.1, 0.15) is 5.84 Å². The first-order valence-electron chi connectivity index (χ1n) is 4.23. The number of amidine groups is 1. The highest BCUT2D eigenvalue weighted by molar-refractivity contribution is 5.95. The van der Waals surface area contributed by atoms with E-state index in [0.717, 1.165) is 11.1 Å². The van der Waals surface area contributed by atoms with Crippen LogP contribution in [0.25, 0.3) is 6.08 Å². The summed E-state index contributed by atoms with van der Waals surface area (Å²) in [6, 6.07) is 9.06. The summed E-state index contributed by atoms with van der Waals surface area (Å²) in [6.45, 7) is 6.74. The molecular formula is C12H13N3. The minimum atomic E-state index is 0.0978. The van der Waals surface area contributed by atoms with Crippen molar-refractivity contribution in [2.24, 2.45) is 5.73 Å². The third kappa shape index (κ3) is 5.06. The Labute approximate surface area is 89.7 Å². The standard InChI is InChI=1S/C9H10N2.C3H3N/c1-2-7-3-5-8(6-4-7)9(10)11;1-2-3-4/h2-6H,1H2,(H3,10,11);2H,1H2. The van der Waals surface area contributed by atoms with Gasteiger partial charge in [0.15, 0.2) is 0 Å². The Morgan fingerprint density at radius 1 is 1.33 bits per heavy atom. The van der Waals surface area contributed by atoms with Gasteiger partial charge in [-0.2, -0.15) is 5.26 Å². The number of nitrogens with one attached hydrogen (secondary N) is 1. The Hall–Kier alpha value is -2.34. The zero-order valence-electron chi connectivity index (χ0n) is 8.40. The summed E-state index contributed by atoms with van der Waals surface area (Å²) in [4.78, 5) is 0. The monoisotopic (exact) mass is 199 g/mol. The SMILES string of the molecule is C=CC#N.C=Cc1ccc(C(=N)N)cc1. The van der Waals surface area contributed by atoms with Gasteiger partial charge in [0, 0.05) is 11.6 Å². The van der Waals surface area contributed by atoms with Crippen LogP contribution in [0.5, 0.6) is 0 Å². The number of nitriles is 1. The molecule has 0 heterocycles. The summed E-state index contributed by atoms with van der Waals surface area (Å²) in [5.41, 5.74) is 7.05. The van der Waals surface area contributed by atoms with Crippen molar-refractivity contribution in [3.8, 4) is 6.07 Å². The molecule has 0 aromatic heterocycles. The van der Waals surface area contributed by atoms with Crippen LogP contribution in [-0.2, 0) is 0 Å². The first-order valence-corrected chi connectivity index (χ1v) is 4.23. The molecule has 3 heteroatoms. The normalized spacial score (nSPS) is 7.67. The fourth-order valence-electron chi connectivity index (χ4n) is 0.799. The van der Waals surface area contributed by atoms with E-state index in [-0.39, 0.29) is 5.84 Å². The van der Waals surface area contributed by atoms with Gasteiger partial charge in [0.25, 0.3) is 0 Å². The number of nitrogens with two attached hydrogens (primary N) is 1. The summed E-state index contributed by atoms with van der Waals surface area (Å²) in [7, 11) is 0. The fourth-order valence-corrected chi connectivity index (χ4v) is 0.799. The van der Waals surface area contributed by atoms with E-state index >= 15 is 0 Å². The van der Waals surface area contributed by atoms with E-state index < -0.39 is 0 Å². The molecule has 0 aliphatic rings. The van der Waals surface area contributed by atoms with E-state index in [1.807, 2.05) is 12.1 Å². The van der Waals surface area contributed by atoms with Gasteiger partial charge < -0.3 is 5.73 Å². The second-order valence-corrected chi connectivity index (χ2v) is 2.57. The van der Waals surface area contributed by atoms with E-state index in [1.165, 1.54) is 6.08 Å². The number of hydrogen-bond acceptors (Lipinski definition) is 2. The van der Waals surface area contributed by atoms with Crippen molar-refractivity contribution in [2.75, 3.05) is 0 Å². The number of benzene rings is 1. The minimum Gasteiger partial charge on any atom is -0.384 e. The highest BCUT2D eigenvalue weighted by atomic mass is 14.7. The van der Waals surface area contributed by atoms with Crippen LogP contribution in [0.2, 0.25) is 0 Å². The summed E-state index contributed by atoms with van der Waals surface area (Å²) >= 11 is 0. The molecule has 15 heavy (non-hydrogen) atoms. The van der Waals surface area contributed by atoms with E-state index in [1.54, 1.807) is 24.3 Å².